The Morgan fingerprint density at radius 2 is 2.50 bits per heavy atom. The van der Waals surface area contributed by atoms with Crippen molar-refractivity contribution in [3.05, 3.63) is 22.2 Å². The molecule has 0 amide bonds. The zero-order chi connectivity index (χ0) is 13.0. The predicted molar refractivity (Wildman–Crippen MR) is 67.0 cm³/mol. The van der Waals surface area contributed by atoms with Crippen LogP contribution in [-0.4, -0.2) is 36.1 Å². The molecule has 1 aliphatic rings. The number of nitrogens with one attached hydrogen (secondary N) is 2. The van der Waals surface area contributed by atoms with E-state index in [0.717, 1.165) is 19.4 Å². The lowest BCUT2D eigenvalue weighted by molar-refractivity contribution is -0.384. The van der Waals surface area contributed by atoms with Crippen molar-refractivity contribution in [2.45, 2.75) is 18.9 Å². The lowest BCUT2D eigenvalue weighted by Gasteiger charge is -2.12. The van der Waals surface area contributed by atoms with Gasteiger partial charge in [-0.1, -0.05) is 0 Å². The number of ether oxygens (including phenoxy) is 1. The molecule has 2 heterocycles. The van der Waals surface area contributed by atoms with E-state index >= 15 is 0 Å². The third-order valence-electron chi connectivity index (χ3n) is 2.93. The summed E-state index contributed by atoms with van der Waals surface area (Å²) in [6.07, 6.45) is 2.21. The van der Waals surface area contributed by atoms with Gasteiger partial charge in [0.1, 0.15) is 0 Å². The van der Waals surface area contributed by atoms with Crippen LogP contribution in [0, 0.1) is 10.1 Å². The van der Waals surface area contributed by atoms with Crippen molar-refractivity contribution in [3.63, 3.8) is 0 Å². The van der Waals surface area contributed by atoms with Gasteiger partial charge < -0.3 is 15.4 Å². The molecule has 2 N–H and O–H groups in total. The molecular weight excluding hydrogens is 236 g/mol. The maximum Gasteiger partial charge on any atom is 0.311 e. The van der Waals surface area contributed by atoms with E-state index in [-0.39, 0.29) is 11.5 Å². The van der Waals surface area contributed by atoms with E-state index in [1.165, 1.54) is 19.2 Å². The quantitative estimate of drug-likeness (QED) is 0.604. The molecular formula is C11H16N4O3. The van der Waals surface area contributed by atoms with E-state index in [1.807, 2.05) is 0 Å². The zero-order valence-electron chi connectivity index (χ0n) is 10.2. The van der Waals surface area contributed by atoms with Gasteiger partial charge in [0, 0.05) is 24.7 Å². The van der Waals surface area contributed by atoms with Crippen LogP contribution in [0.15, 0.2) is 12.1 Å². The van der Waals surface area contributed by atoms with Gasteiger partial charge in [-0.2, -0.15) is 4.98 Å². The van der Waals surface area contributed by atoms with Gasteiger partial charge >= 0.3 is 5.69 Å². The third-order valence-corrected chi connectivity index (χ3v) is 2.93. The van der Waals surface area contributed by atoms with E-state index in [1.54, 1.807) is 0 Å². The zero-order valence-corrected chi connectivity index (χ0v) is 10.2. The van der Waals surface area contributed by atoms with Crippen molar-refractivity contribution in [1.82, 2.24) is 10.3 Å². The molecule has 0 spiro atoms. The van der Waals surface area contributed by atoms with E-state index in [2.05, 4.69) is 15.6 Å². The molecule has 1 aliphatic heterocycles. The Labute approximate surface area is 105 Å². The molecule has 1 aromatic heterocycles. The van der Waals surface area contributed by atoms with Crippen molar-refractivity contribution in [1.29, 1.82) is 0 Å². The molecule has 7 heteroatoms. The molecule has 1 atom stereocenters. The first-order valence-electron chi connectivity index (χ1n) is 5.87. The number of anilines is 1. The Morgan fingerprint density at radius 3 is 3.11 bits per heavy atom. The van der Waals surface area contributed by atoms with Crippen LogP contribution in [0.3, 0.4) is 0 Å². The Hall–Kier alpha value is -1.89. The van der Waals surface area contributed by atoms with E-state index in [9.17, 15) is 10.1 Å². The normalized spacial score (nSPS) is 18.6. The molecule has 0 aliphatic carbocycles. The third kappa shape index (κ3) is 2.86. The lowest BCUT2D eigenvalue weighted by atomic mass is 10.2. The molecule has 2 rings (SSSR count). The van der Waals surface area contributed by atoms with Crippen LogP contribution in [0.25, 0.3) is 0 Å². The minimum Gasteiger partial charge on any atom is -0.481 e. The second-order valence-corrected chi connectivity index (χ2v) is 4.15. The topological polar surface area (TPSA) is 89.3 Å². The van der Waals surface area contributed by atoms with Gasteiger partial charge in [0.2, 0.25) is 11.7 Å². The maximum absolute atomic E-state index is 10.9. The van der Waals surface area contributed by atoms with Crippen LogP contribution in [0.4, 0.5) is 11.5 Å². The van der Waals surface area contributed by atoms with Crippen molar-refractivity contribution in [3.8, 4) is 5.88 Å². The Morgan fingerprint density at radius 1 is 1.67 bits per heavy atom. The minimum atomic E-state index is -0.448. The smallest absolute Gasteiger partial charge is 0.311 e. The summed E-state index contributed by atoms with van der Waals surface area (Å²) in [5.41, 5.74) is -0.0335. The van der Waals surface area contributed by atoms with Gasteiger partial charge in [-0.05, 0) is 19.4 Å². The van der Waals surface area contributed by atoms with Gasteiger partial charge in [0.15, 0.2) is 0 Å². The molecule has 0 radical (unpaired) electrons. The van der Waals surface area contributed by atoms with Gasteiger partial charge in [-0.15, -0.1) is 0 Å². The standard InChI is InChI=1S/C11H16N4O3/c1-18-10-5-4-9(15(16)17)11(14-10)13-7-8-3-2-6-12-8/h4-5,8,12H,2-3,6-7H2,1H3,(H,13,14). The molecule has 98 valence electrons. The molecule has 1 aromatic rings. The summed E-state index contributed by atoms with van der Waals surface area (Å²) in [7, 11) is 1.48. The lowest BCUT2D eigenvalue weighted by Crippen LogP contribution is -2.29. The average molecular weight is 252 g/mol. The highest BCUT2D eigenvalue weighted by molar-refractivity contribution is 5.57. The molecule has 0 saturated carbocycles. The van der Waals surface area contributed by atoms with Crippen molar-refractivity contribution in [2.75, 3.05) is 25.5 Å². The van der Waals surface area contributed by atoms with Crippen LogP contribution in [0.2, 0.25) is 0 Å². The fourth-order valence-corrected chi connectivity index (χ4v) is 1.98. The van der Waals surface area contributed by atoms with Gasteiger partial charge in [0.05, 0.1) is 12.0 Å². The number of hydrogen-bond donors (Lipinski definition) is 2. The molecule has 1 fully saturated rings. The number of hydrogen-bond acceptors (Lipinski definition) is 6. The van der Waals surface area contributed by atoms with Crippen molar-refractivity contribution in [2.24, 2.45) is 0 Å². The minimum absolute atomic E-state index is 0.0335. The van der Waals surface area contributed by atoms with Gasteiger partial charge in [0.25, 0.3) is 0 Å². The first-order chi connectivity index (χ1) is 8.70. The van der Waals surface area contributed by atoms with E-state index in [0.29, 0.717) is 18.5 Å². The molecule has 0 aromatic carbocycles. The SMILES string of the molecule is COc1ccc([N+](=O)[O-])c(NCC2CCCN2)n1. The fourth-order valence-electron chi connectivity index (χ4n) is 1.98. The Kier molecular flexibility index (Phi) is 3.93. The van der Waals surface area contributed by atoms with Crippen LogP contribution < -0.4 is 15.4 Å². The largest absolute Gasteiger partial charge is 0.481 e. The second kappa shape index (κ2) is 5.63. The predicted octanol–water partition coefficient (Wildman–Crippen LogP) is 1.16. The Balaban J connectivity index is 2.10. The summed E-state index contributed by atoms with van der Waals surface area (Å²) < 4.78 is 4.97. The monoisotopic (exact) mass is 252 g/mol. The average Bonchev–Trinajstić information content (AvgIpc) is 2.88. The highest BCUT2D eigenvalue weighted by Crippen LogP contribution is 2.25. The van der Waals surface area contributed by atoms with E-state index in [4.69, 9.17) is 4.74 Å². The number of pyridine rings is 1. The van der Waals surface area contributed by atoms with Crippen LogP contribution in [0.1, 0.15) is 12.8 Å². The number of methoxy groups -OCH3 is 1. The summed E-state index contributed by atoms with van der Waals surface area (Å²) in [6.45, 7) is 1.63. The molecule has 18 heavy (non-hydrogen) atoms. The summed E-state index contributed by atoms with van der Waals surface area (Å²) in [5.74, 6) is 0.621. The summed E-state index contributed by atoms with van der Waals surface area (Å²) >= 11 is 0. The number of rotatable bonds is 5. The number of aromatic nitrogens is 1. The highest BCUT2D eigenvalue weighted by Gasteiger charge is 2.19. The second-order valence-electron chi connectivity index (χ2n) is 4.15. The van der Waals surface area contributed by atoms with Gasteiger partial charge in [-0.25, -0.2) is 0 Å². The summed E-state index contributed by atoms with van der Waals surface area (Å²) in [5, 5.41) is 17.2. The van der Waals surface area contributed by atoms with Gasteiger partial charge in [-0.3, -0.25) is 10.1 Å². The van der Waals surface area contributed by atoms with Crippen LogP contribution >= 0.6 is 0 Å². The van der Waals surface area contributed by atoms with Crippen molar-refractivity contribution < 1.29 is 9.66 Å². The van der Waals surface area contributed by atoms with Crippen molar-refractivity contribution >= 4 is 11.5 Å². The summed E-state index contributed by atoms with van der Waals surface area (Å²) in [4.78, 5) is 14.5. The van der Waals surface area contributed by atoms with Crippen LogP contribution in [0.5, 0.6) is 5.88 Å². The first kappa shape index (κ1) is 12.6. The Bertz CT molecular complexity index is 432. The van der Waals surface area contributed by atoms with E-state index < -0.39 is 4.92 Å². The first-order valence-corrected chi connectivity index (χ1v) is 5.87. The molecule has 1 saturated heterocycles. The fraction of sp³-hybridized carbons (Fsp3) is 0.545. The number of nitro groups is 1. The summed E-state index contributed by atoms with van der Waals surface area (Å²) in [6, 6.07) is 3.23. The maximum atomic E-state index is 10.9. The molecule has 0 bridgehead atoms. The molecule has 7 nitrogen and oxygen atoms in total. The van der Waals surface area contributed by atoms with Crippen LogP contribution in [-0.2, 0) is 0 Å². The molecule has 1 unspecified atom stereocenters. The highest BCUT2D eigenvalue weighted by atomic mass is 16.6. The number of nitrogens with zero attached hydrogens (tertiary/aromatic N) is 2.